The van der Waals surface area contributed by atoms with Gasteiger partial charge in [-0.3, -0.25) is 0 Å². The zero-order valence-corrected chi connectivity index (χ0v) is 7.61. The van der Waals surface area contributed by atoms with Crippen LogP contribution in [0.15, 0.2) is 0 Å². The average Bonchev–Trinajstić information content (AvgIpc) is 2.63. The van der Waals surface area contributed by atoms with Crippen LogP contribution in [0.4, 0.5) is 0 Å². The minimum Gasteiger partial charge on any atom is -0.212 e. The monoisotopic (exact) mass is 195 g/mol. The summed E-state index contributed by atoms with van der Waals surface area (Å²) in [7, 11) is -2.98. The maximum absolute atomic E-state index is 11.4. The molecule has 0 amide bonds. The van der Waals surface area contributed by atoms with E-state index in [0.29, 0.717) is 6.54 Å². The molecule has 0 radical (unpaired) electrons. The Morgan fingerprint density at radius 1 is 1.27 bits per heavy atom. The third kappa shape index (κ3) is 1.17. The molecule has 2 fully saturated rings. The van der Waals surface area contributed by atoms with Crippen LogP contribution >= 0.6 is 11.6 Å². The summed E-state index contributed by atoms with van der Waals surface area (Å²) in [6.07, 6.45) is 2.44. The van der Waals surface area contributed by atoms with Crippen LogP contribution in [0, 0.1) is 0 Å². The third-order valence-electron chi connectivity index (χ3n) is 2.17. The highest BCUT2D eigenvalue weighted by atomic mass is 35.5. The molecule has 1 unspecified atom stereocenters. The first-order valence-corrected chi connectivity index (χ1v) is 5.71. The number of alkyl halides is 1. The van der Waals surface area contributed by atoms with E-state index in [9.17, 15) is 8.42 Å². The fraction of sp³-hybridized carbons (Fsp3) is 1.00. The normalized spacial score (nSPS) is 33.4. The molecule has 1 atom stereocenters. The van der Waals surface area contributed by atoms with Gasteiger partial charge in [0.2, 0.25) is 10.0 Å². The van der Waals surface area contributed by atoms with Crippen molar-refractivity contribution in [3.8, 4) is 0 Å². The standard InChI is InChI=1S/C6H10ClNO2S/c7-6-3-4-8(6)11(9,10)5-1-2-5/h5-6H,1-4H2. The van der Waals surface area contributed by atoms with Crippen molar-refractivity contribution in [1.82, 2.24) is 4.31 Å². The lowest BCUT2D eigenvalue weighted by Crippen LogP contribution is -2.49. The molecule has 0 spiro atoms. The molecule has 64 valence electrons. The topological polar surface area (TPSA) is 37.4 Å². The van der Waals surface area contributed by atoms with Crippen LogP contribution in [0.3, 0.4) is 0 Å². The summed E-state index contributed by atoms with van der Waals surface area (Å²) in [5.41, 5.74) is -0.263. The lowest BCUT2D eigenvalue weighted by atomic mass is 10.3. The molecule has 0 N–H and O–H groups in total. The molecule has 0 aromatic heterocycles. The summed E-state index contributed by atoms with van der Waals surface area (Å²) in [4.78, 5) is 0. The highest BCUT2D eigenvalue weighted by Crippen LogP contribution is 2.36. The number of nitrogens with zero attached hydrogens (tertiary/aromatic N) is 1. The minimum atomic E-state index is -2.98. The van der Waals surface area contributed by atoms with Crippen molar-refractivity contribution in [1.29, 1.82) is 0 Å². The Balaban J connectivity index is 2.13. The van der Waals surface area contributed by atoms with Crippen molar-refractivity contribution in [3.63, 3.8) is 0 Å². The fourth-order valence-electron chi connectivity index (χ4n) is 1.18. The number of halogens is 1. The fourth-order valence-corrected chi connectivity index (χ4v) is 3.60. The van der Waals surface area contributed by atoms with E-state index in [-0.39, 0.29) is 10.8 Å². The van der Waals surface area contributed by atoms with Gasteiger partial charge in [0.25, 0.3) is 0 Å². The second-order valence-electron chi connectivity index (χ2n) is 3.08. The molecule has 2 rings (SSSR count). The van der Waals surface area contributed by atoms with Gasteiger partial charge in [-0.25, -0.2) is 8.42 Å². The highest BCUT2D eigenvalue weighted by molar-refractivity contribution is 7.90. The maximum Gasteiger partial charge on any atom is 0.218 e. The first kappa shape index (κ1) is 7.83. The molecule has 1 heterocycles. The number of hydrogen-bond donors (Lipinski definition) is 0. The molecule has 0 aromatic carbocycles. The van der Waals surface area contributed by atoms with Gasteiger partial charge in [0, 0.05) is 6.54 Å². The van der Waals surface area contributed by atoms with Crippen LogP contribution in [-0.4, -0.2) is 30.0 Å². The predicted molar refractivity (Wildman–Crippen MR) is 42.9 cm³/mol. The van der Waals surface area contributed by atoms with Gasteiger partial charge in [0.05, 0.1) is 5.25 Å². The SMILES string of the molecule is O=S(=O)(C1CC1)N1CCC1Cl. The lowest BCUT2D eigenvalue weighted by molar-refractivity contribution is 0.272. The summed E-state index contributed by atoms with van der Waals surface area (Å²) < 4.78 is 24.3. The molecule has 1 saturated carbocycles. The third-order valence-corrected chi connectivity index (χ3v) is 5.15. The largest absolute Gasteiger partial charge is 0.218 e. The molecular weight excluding hydrogens is 186 g/mol. The Bertz CT molecular complexity index is 260. The van der Waals surface area contributed by atoms with Crippen molar-refractivity contribution in [3.05, 3.63) is 0 Å². The summed E-state index contributed by atoms with van der Waals surface area (Å²) in [5.74, 6) is 0. The molecule has 5 heteroatoms. The van der Waals surface area contributed by atoms with E-state index in [4.69, 9.17) is 11.6 Å². The van der Waals surface area contributed by atoms with Crippen LogP contribution in [0.25, 0.3) is 0 Å². The van der Waals surface area contributed by atoms with Crippen LogP contribution in [-0.2, 0) is 10.0 Å². The molecule has 1 aliphatic heterocycles. The lowest BCUT2D eigenvalue weighted by Gasteiger charge is -2.35. The Labute approximate surface area is 71.4 Å². The van der Waals surface area contributed by atoms with E-state index in [1.807, 2.05) is 0 Å². The van der Waals surface area contributed by atoms with E-state index in [1.54, 1.807) is 0 Å². The molecule has 1 aliphatic carbocycles. The number of hydrogen-bond acceptors (Lipinski definition) is 2. The van der Waals surface area contributed by atoms with Crippen molar-refractivity contribution in [2.75, 3.05) is 6.54 Å². The van der Waals surface area contributed by atoms with Crippen LogP contribution in [0.1, 0.15) is 19.3 Å². The zero-order chi connectivity index (χ0) is 8.06. The molecule has 3 nitrogen and oxygen atoms in total. The Morgan fingerprint density at radius 2 is 1.91 bits per heavy atom. The Hall–Kier alpha value is 0.200. The van der Waals surface area contributed by atoms with E-state index in [0.717, 1.165) is 19.3 Å². The summed E-state index contributed by atoms with van der Waals surface area (Å²) in [6.45, 7) is 0.618. The van der Waals surface area contributed by atoms with Gasteiger partial charge in [-0.1, -0.05) is 0 Å². The van der Waals surface area contributed by atoms with Crippen molar-refractivity contribution in [2.24, 2.45) is 0 Å². The summed E-state index contributed by atoms with van der Waals surface area (Å²) in [6, 6.07) is 0. The molecule has 0 bridgehead atoms. The van der Waals surface area contributed by atoms with Crippen LogP contribution in [0.5, 0.6) is 0 Å². The second kappa shape index (κ2) is 2.34. The van der Waals surface area contributed by atoms with Gasteiger partial charge in [-0.2, -0.15) is 4.31 Å². The van der Waals surface area contributed by atoms with Crippen molar-refractivity contribution >= 4 is 21.6 Å². The Morgan fingerprint density at radius 3 is 2.18 bits per heavy atom. The zero-order valence-electron chi connectivity index (χ0n) is 6.03. The van der Waals surface area contributed by atoms with Gasteiger partial charge in [-0.15, -0.1) is 11.6 Å². The molecule has 1 saturated heterocycles. The van der Waals surface area contributed by atoms with Gasteiger partial charge in [0.1, 0.15) is 5.50 Å². The van der Waals surface area contributed by atoms with E-state index in [1.165, 1.54) is 4.31 Å². The number of sulfonamides is 1. The highest BCUT2D eigenvalue weighted by Gasteiger charge is 2.45. The van der Waals surface area contributed by atoms with Crippen molar-refractivity contribution < 1.29 is 8.42 Å². The molecule has 11 heavy (non-hydrogen) atoms. The Kier molecular flexibility index (Phi) is 1.67. The first-order chi connectivity index (χ1) is 5.12. The van der Waals surface area contributed by atoms with Crippen LogP contribution in [0.2, 0.25) is 0 Å². The van der Waals surface area contributed by atoms with Gasteiger partial charge in [-0.05, 0) is 19.3 Å². The first-order valence-electron chi connectivity index (χ1n) is 3.77. The minimum absolute atomic E-state index is 0.107. The van der Waals surface area contributed by atoms with Gasteiger partial charge < -0.3 is 0 Å². The summed E-state index contributed by atoms with van der Waals surface area (Å²) >= 11 is 5.72. The quantitative estimate of drug-likeness (QED) is 0.482. The van der Waals surface area contributed by atoms with E-state index < -0.39 is 10.0 Å². The van der Waals surface area contributed by atoms with Gasteiger partial charge in [0.15, 0.2) is 0 Å². The van der Waals surface area contributed by atoms with E-state index >= 15 is 0 Å². The van der Waals surface area contributed by atoms with Crippen molar-refractivity contribution in [2.45, 2.75) is 30.0 Å². The molecule has 2 aliphatic rings. The molecular formula is C6H10ClNO2S. The smallest absolute Gasteiger partial charge is 0.212 e. The number of rotatable bonds is 2. The van der Waals surface area contributed by atoms with E-state index in [2.05, 4.69) is 0 Å². The predicted octanol–water partition coefficient (Wildman–Crippen LogP) is 0.749. The van der Waals surface area contributed by atoms with Gasteiger partial charge >= 0.3 is 0 Å². The average molecular weight is 196 g/mol. The molecule has 0 aromatic rings. The second-order valence-corrected chi connectivity index (χ2v) is 5.75. The summed E-state index contributed by atoms with van der Waals surface area (Å²) in [5, 5.41) is -0.107. The van der Waals surface area contributed by atoms with Crippen LogP contribution < -0.4 is 0 Å². The maximum atomic E-state index is 11.4.